The zero-order valence-electron chi connectivity index (χ0n) is 19.3. The van der Waals surface area contributed by atoms with Crippen molar-refractivity contribution in [3.8, 4) is 11.5 Å². The Morgan fingerprint density at radius 3 is 1.79 bits per heavy atom. The quantitative estimate of drug-likeness (QED) is 0.292. The topological polar surface area (TPSA) is 52.6 Å². The van der Waals surface area contributed by atoms with Gasteiger partial charge in [0.25, 0.3) is 0 Å². The van der Waals surface area contributed by atoms with Crippen molar-refractivity contribution in [2.75, 3.05) is 0 Å². The lowest BCUT2D eigenvalue weighted by Gasteiger charge is -2.21. The van der Waals surface area contributed by atoms with Gasteiger partial charge in [-0.05, 0) is 60.9 Å². The second-order valence-electron chi connectivity index (χ2n) is 9.06. The summed E-state index contributed by atoms with van der Waals surface area (Å²) in [5, 5.41) is 0. The highest BCUT2D eigenvalue weighted by Gasteiger charge is 2.28. The first kappa shape index (κ1) is 22.8. The summed E-state index contributed by atoms with van der Waals surface area (Å²) < 4.78 is 12.0. The highest BCUT2D eigenvalue weighted by molar-refractivity contribution is 5.93. The van der Waals surface area contributed by atoms with Gasteiger partial charge in [0.1, 0.15) is 0 Å². The molecular weight excluding hydrogens is 412 g/mol. The fourth-order valence-electron chi connectivity index (χ4n) is 4.45. The molecule has 0 unspecified atom stereocenters. The number of carbonyl (C=O) groups excluding carboxylic acids is 2. The lowest BCUT2D eigenvalue weighted by atomic mass is 9.92. The number of esters is 2. The summed E-state index contributed by atoms with van der Waals surface area (Å²) in [6.07, 6.45) is 5.06. The molecule has 0 heterocycles. The number of hydrogen-bond donors (Lipinski definition) is 0. The first-order chi connectivity index (χ1) is 16.0. The van der Waals surface area contributed by atoms with Crippen molar-refractivity contribution in [1.29, 1.82) is 0 Å². The summed E-state index contributed by atoms with van der Waals surface area (Å²) in [6, 6.07) is 21.9. The number of carbonyl (C=O) groups is 2. The maximum Gasteiger partial charge on any atom is 0.343 e. The molecule has 0 spiro atoms. The monoisotopic (exact) mass is 442 g/mol. The van der Waals surface area contributed by atoms with Gasteiger partial charge in [-0.3, -0.25) is 0 Å². The van der Waals surface area contributed by atoms with Crippen LogP contribution in [-0.2, 0) is 6.42 Å². The standard InChI is InChI=1S/C29H30O4/c1-20(2)19-24-17-18-25(21-11-9-10-12-21)27(33-29(31)23-15-7-4-8-16-23)26(24)32-28(30)22-13-5-3-6-14-22/h3-8,13-18,20-21H,9-12,19H2,1-2H3. The maximum atomic E-state index is 13.1. The van der Waals surface area contributed by atoms with Crippen LogP contribution in [0.1, 0.15) is 77.3 Å². The third-order valence-corrected chi connectivity index (χ3v) is 6.06. The molecule has 4 heteroatoms. The zero-order chi connectivity index (χ0) is 23.2. The van der Waals surface area contributed by atoms with Crippen molar-refractivity contribution in [2.45, 2.75) is 51.9 Å². The lowest BCUT2D eigenvalue weighted by Crippen LogP contribution is -2.16. The minimum Gasteiger partial charge on any atom is -0.419 e. The number of ether oxygens (including phenoxy) is 2. The second kappa shape index (κ2) is 10.5. The summed E-state index contributed by atoms with van der Waals surface area (Å²) in [6.45, 7) is 4.23. The molecule has 0 saturated heterocycles. The summed E-state index contributed by atoms with van der Waals surface area (Å²) in [4.78, 5) is 26.1. The van der Waals surface area contributed by atoms with E-state index in [9.17, 15) is 9.59 Å². The smallest absolute Gasteiger partial charge is 0.343 e. The minimum absolute atomic E-state index is 0.283. The zero-order valence-corrected chi connectivity index (χ0v) is 19.3. The van der Waals surface area contributed by atoms with E-state index in [0.29, 0.717) is 35.0 Å². The summed E-state index contributed by atoms with van der Waals surface area (Å²) >= 11 is 0. The van der Waals surface area contributed by atoms with Crippen LogP contribution < -0.4 is 9.47 Å². The fourth-order valence-corrected chi connectivity index (χ4v) is 4.45. The van der Waals surface area contributed by atoms with Crippen LogP contribution in [0.3, 0.4) is 0 Å². The Labute approximate surface area is 195 Å². The SMILES string of the molecule is CC(C)Cc1ccc(C2CCCC2)c(OC(=O)c2ccccc2)c1OC(=O)c1ccccc1. The third kappa shape index (κ3) is 5.51. The number of rotatable bonds is 7. The molecule has 0 radical (unpaired) electrons. The van der Waals surface area contributed by atoms with E-state index in [2.05, 4.69) is 19.9 Å². The average Bonchev–Trinajstić information content (AvgIpc) is 3.36. The van der Waals surface area contributed by atoms with Crippen LogP contribution in [0.2, 0.25) is 0 Å². The fraction of sp³-hybridized carbons (Fsp3) is 0.310. The van der Waals surface area contributed by atoms with Crippen molar-refractivity contribution in [2.24, 2.45) is 5.92 Å². The molecule has 0 bridgehead atoms. The van der Waals surface area contributed by atoms with Gasteiger partial charge in [0.05, 0.1) is 11.1 Å². The lowest BCUT2D eigenvalue weighted by molar-refractivity contribution is 0.0678. The van der Waals surface area contributed by atoms with Crippen LogP contribution in [0.5, 0.6) is 11.5 Å². The van der Waals surface area contributed by atoms with Crippen molar-refractivity contribution < 1.29 is 19.1 Å². The molecule has 3 aromatic carbocycles. The van der Waals surface area contributed by atoms with Crippen LogP contribution >= 0.6 is 0 Å². The van der Waals surface area contributed by atoms with Gasteiger partial charge in [0, 0.05) is 5.56 Å². The molecule has 1 fully saturated rings. The maximum absolute atomic E-state index is 13.1. The van der Waals surface area contributed by atoms with Gasteiger partial charge in [0.15, 0.2) is 11.5 Å². The Balaban J connectivity index is 1.79. The number of benzene rings is 3. The molecule has 1 saturated carbocycles. The van der Waals surface area contributed by atoms with Gasteiger partial charge in [-0.1, -0.05) is 75.2 Å². The molecule has 170 valence electrons. The first-order valence-electron chi connectivity index (χ1n) is 11.7. The summed E-state index contributed by atoms with van der Waals surface area (Å²) in [5.74, 6) is 0.471. The Morgan fingerprint density at radius 1 is 0.758 bits per heavy atom. The van der Waals surface area contributed by atoms with Gasteiger partial charge in [0.2, 0.25) is 0 Å². The Kier molecular flexibility index (Phi) is 7.23. The van der Waals surface area contributed by atoms with E-state index in [1.54, 1.807) is 48.5 Å². The molecule has 0 aliphatic heterocycles. The Bertz CT molecular complexity index is 1100. The van der Waals surface area contributed by atoms with Crippen molar-refractivity contribution in [3.05, 3.63) is 95.1 Å². The average molecular weight is 443 g/mol. The minimum atomic E-state index is -0.457. The van der Waals surface area contributed by atoms with Gasteiger partial charge in [-0.15, -0.1) is 0 Å². The van der Waals surface area contributed by atoms with Crippen LogP contribution in [-0.4, -0.2) is 11.9 Å². The van der Waals surface area contributed by atoms with E-state index in [4.69, 9.17) is 9.47 Å². The first-order valence-corrected chi connectivity index (χ1v) is 11.7. The van der Waals surface area contributed by atoms with Crippen LogP contribution in [0.25, 0.3) is 0 Å². The Morgan fingerprint density at radius 2 is 1.27 bits per heavy atom. The molecule has 1 aliphatic carbocycles. The molecule has 4 nitrogen and oxygen atoms in total. The molecule has 1 aliphatic rings. The third-order valence-electron chi connectivity index (χ3n) is 6.06. The van der Waals surface area contributed by atoms with E-state index >= 15 is 0 Å². The normalized spacial score (nSPS) is 13.8. The second-order valence-corrected chi connectivity index (χ2v) is 9.06. The van der Waals surface area contributed by atoms with Gasteiger partial charge in [-0.25, -0.2) is 9.59 Å². The van der Waals surface area contributed by atoms with Gasteiger partial charge in [-0.2, -0.15) is 0 Å². The highest BCUT2D eigenvalue weighted by Crippen LogP contribution is 2.45. The van der Waals surface area contributed by atoms with Crippen LogP contribution in [0.15, 0.2) is 72.8 Å². The van der Waals surface area contributed by atoms with Crippen molar-refractivity contribution >= 4 is 11.9 Å². The molecule has 0 atom stereocenters. The van der Waals surface area contributed by atoms with E-state index in [0.717, 1.165) is 36.8 Å². The van der Waals surface area contributed by atoms with Gasteiger partial charge >= 0.3 is 11.9 Å². The van der Waals surface area contributed by atoms with E-state index in [1.807, 2.05) is 18.2 Å². The van der Waals surface area contributed by atoms with Crippen molar-refractivity contribution in [1.82, 2.24) is 0 Å². The van der Waals surface area contributed by atoms with E-state index < -0.39 is 11.9 Å². The predicted molar refractivity (Wildman–Crippen MR) is 129 cm³/mol. The summed E-state index contributed by atoms with van der Waals surface area (Å²) in [7, 11) is 0. The van der Waals surface area contributed by atoms with E-state index in [-0.39, 0.29) is 5.92 Å². The molecule has 33 heavy (non-hydrogen) atoms. The number of hydrogen-bond acceptors (Lipinski definition) is 4. The molecule has 0 N–H and O–H groups in total. The van der Waals surface area contributed by atoms with Crippen LogP contribution in [0.4, 0.5) is 0 Å². The predicted octanol–water partition coefficient (Wildman–Crippen LogP) is 6.98. The molecule has 4 rings (SSSR count). The highest BCUT2D eigenvalue weighted by atomic mass is 16.6. The largest absolute Gasteiger partial charge is 0.419 e. The molecule has 0 amide bonds. The van der Waals surface area contributed by atoms with Crippen molar-refractivity contribution in [3.63, 3.8) is 0 Å². The van der Waals surface area contributed by atoms with Gasteiger partial charge < -0.3 is 9.47 Å². The summed E-state index contributed by atoms with van der Waals surface area (Å²) in [5.41, 5.74) is 2.73. The van der Waals surface area contributed by atoms with Crippen LogP contribution in [0, 0.1) is 5.92 Å². The molecule has 0 aromatic heterocycles. The van der Waals surface area contributed by atoms with E-state index in [1.165, 1.54) is 0 Å². The Hall–Kier alpha value is -3.40. The molecular formula is C29H30O4. The molecule has 3 aromatic rings.